The van der Waals surface area contributed by atoms with Crippen molar-refractivity contribution in [1.29, 1.82) is 0 Å². The molecule has 4 rings (SSSR count). The summed E-state index contributed by atoms with van der Waals surface area (Å²) in [7, 11) is 0. The number of benzene rings is 1. The van der Waals surface area contributed by atoms with Gasteiger partial charge in [0.1, 0.15) is 6.33 Å². The van der Waals surface area contributed by atoms with Crippen LogP contribution in [0.4, 0.5) is 0 Å². The molecule has 10 heteroatoms. The number of H-pyrrole nitrogens is 1. The van der Waals surface area contributed by atoms with Gasteiger partial charge >= 0.3 is 0 Å². The summed E-state index contributed by atoms with van der Waals surface area (Å²) in [6, 6.07) is 7.48. The number of aromatic nitrogens is 6. The van der Waals surface area contributed by atoms with Crippen molar-refractivity contribution in [1.82, 2.24) is 34.9 Å². The molecule has 3 aromatic rings. The molecular weight excluding hydrogens is 350 g/mol. The first kappa shape index (κ1) is 17.2. The Morgan fingerprint density at radius 2 is 2.07 bits per heavy atom. The summed E-state index contributed by atoms with van der Waals surface area (Å²) in [6.07, 6.45) is 2.31. The number of carbonyl (C=O) groups is 1. The number of hydrogen-bond donors (Lipinski definition) is 2. The van der Waals surface area contributed by atoms with Gasteiger partial charge in [-0.2, -0.15) is 0 Å². The summed E-state index contributed by atoms with van der Waals surface area (Å²) >= 11 is 0. The number of tetrazole rings is 1. The van der Waals surface area contributed by atoms with Gasteiger partial charge in [-0.15, -0.1) is 5.10 Å². The fourth-order valence-electron chi connectivity index (χ4n) is 3.28. The molecule has 0 fully saturated rings. The van der Waals surface area contributed by atoms with Gasteiger partial charge in [0, 0.05) is 12.1 Å². The van der Waals surface area contributed by atoms with E-state index in [4.69, 9.17) is 5.11 Å². The van der Waals surface area contributed by atoms with Crippen LogP contribution in [0.1, 0.15) is 16.8 Å². The van der Waals surface area contributed by atoms with Crippen molar-refractivity contribution in [3.63, 3.8) is 0 Å². The number of hydrogen-bond acceptors (Lipinski definition) is 6. The van der Waals surface area contributed by atoms with Gasteiger partial charge in [0.15, 0.2) is 0 Å². The molecule has 0 radical (unpaired) electrons. The van der Waals surface area contributed by atoms with Crippen LogP contribution in [0.5, 0.6) is 0 Å². The van der Waals surface area contributed by atoms with Gasteiger partial charge in [0.05, 0.1) is 37.5 Å². The van der Waals surface area contributed by atoms with E-state index in [0.29, 0.717) is 25.1 Å². The van der Waals surface area contributed by atoms with Crippen LogP contribution in [0.25, 0.3) is 5.69 Å². The van der Waals surface area contributed by atoms with Gasteiger partial charge in [0.25, 0.3) is 5.56 Å². The Bertz CT molecular complexity index is 989. The lowest BCUT2D eigenvalue weighted by Gasteiger charge is -2.26. The highest BCUT2D eigenvalue weighted by Gasteiger charge is 2.25. The first-order chi connectivity index (χ1) is 13.2. The first-order valence-corrected chi connectivity index (χ1v) is 8.67. The summed E-state index contributed by atoms with van der Waals surface area (Å²) in [6.45, 7) is 1.02. The SMILES string of the molecule is O=C(Cc1ccc(-n2cnnn2)cc1)N1CCc2c([nH]n(CCO)c2=O)C1. The first-order valence-electron chi connectivity index (χ1n) is 8.67. The van der Waals surface area contributed by atoms with Crippen LogP contribution in [-0.2, 0) is 30.7 Å². The summed E-state index contributed by atoms with van der Waals surface area (Å²) in [5, 5.41) is 23.1. The number of aliphatic hydroxyl groups excluding tert-OH is 1. The van der Waals surface area contributed by atoms with E-state index in [0.717, 1.165) is 16.9 Å². The average molecular weight is 369 g/mol. The summed E-state index contributed by atoms with van der Waals surface area (Å²) < 4.78 is 2.95. The molecule has 2 N–H and O–H groups in total. The Kier molecular flexibility index (Phi) is 4.55. The van der Waals surface area contributed by atoms with Crippen molar-refractivity contribution in [2.75, 3.05) is 13.2 Å². The maximum absolute atomic E-state index is 12.7. The fourth-order valence-corrected chi connectivity index (χ4v) is 3.28. The molecule has 0 aliphatic carbocycles. The van der Waals surface area contributed by atoms with Crippen LogP contribution in [0.3, 0.4) is 0 Å². The molecule has 0 saturated heterocycles. The molecule has 1 aliphatic rings. The van der Waals surface area contributed by atoms with E-state index in [-0.39, 0.29) is 31.0 Å². The Morgan fingerprint density at radius 3 is 2.78 bits per heavy atom. The Balaban J connectivity index is 1.43. The molecule has 27 heavy (non-hydrogen) atoms. The fraction of sp³-hybridized carbons (Fsp3) is 0.353. The number of carbonyl (C=O) groups excluding carboxylic acids is 1. The van der Waals surface area contributed by atoms with Crippen molar-refractivity contribution < 1.29 is 9.90 Å². The van der Waals surface area contributed by atoms with Crippen molar-refractivity contribution in [3.05, 3.63) is 57.8 Å². The number of nitrogens with one attached hydrogen (secondary N) is 1. The Labute approximate surface area is 154 Å². The lowest BCUT2D eigenvalue weighted by atomic mass is 10.1. The second-order valence-electron chi connectivity index (χ2n) is 6.41. The summed E-state index contributed by atoms with van der Waals surface area (Å²) in [5.41, 5.74) is 3.07. The van der Waals surface area contributed by atoms with Crippen molar-refractivity contribution >= 4 is 5.91 Å². The van der Waals surface area contributed by atoms with Crippen LogP contribution in [0.15, 0.2) is 35.4 Å². The minimum absolute atomic E-state index is 0.00609. The highest BCUT2D eigenvalue weighted by atomic mass is 16.3. The molecule has 0 saturated carbocycles. The molecule has 10 nitrogen and oxygen atoms in total. The molecule has 1 aliphatic heterocycles. The van der Waals surface area contributed by atoms with E-state index in [1.807, 2.05) is 24.3 Å². The second kappa shape index (κ2) is 7.16. The minimum atomic E-state index is -0.109. The molecule has 1 amide bonds. The normalized spacial score (nSPS) is 13.6. The third-order valence-corrected chi connectivity index (χ3v) is 4.70. The van der Waals surface area contributed by atoms with Gasteiger partial charge in [-0.25, -0.2) is 4.68 Å². The molecule has 0 bridgehead atoms. The van der Waals surface area contributed by atoms with Crippen molar-refractivity contribution in [2.45, 2.75) is 25.9 Å². The molecule has 3 heterocycles. The number of amides is 1. The van der Waals surface area contributed by atoms with Crippen LogP contribution in [-0.4, -0.2) is 59.1 Å². The third-order valence-electron chi connectivity index (χ3n) is 4.70. The number of aliphatic hydroxyl groups is 1. The maximum Gasteiger partial charge on any atom is 0.270 e. The predicted molar refractivity (Wildman–Crippen MR) is 94.1 cm³/mol. The van der Waals surface area contributed by atoms with E-state index >= 15 is 0 Å². The molecule has 0 spiro atoms. The topological polar surface area (TPSA) is 122 Å². The highest BCUT2D eigenvalue weighted by molar-refractivity contribution is 5.79. The van der Waals surface area contributed by atoms with Crippen LogP contribution in [0, 0.1) is 0 Å². The van der Waals surface area contributed by atoms with Gasteiger partial charge in [0.2, 0.25) is 5.91 Å². The quantitative estimate of drug-likeness (QED) is 0.612. The summed E-state index contributed by atoms with van der Waals surface area (Å²) in [4.78, 5) is 26.6. The zero-order valence-corrected chi connectivity index (χ0v) is 14.6. The molecule has 0 atom stereocenters. The molecule has 140 valence electrons. The van der Waals surface area contributed by atoms with E-state index in [2.05, 4.69) is 20.6 Å². The lowest BCUT2D eigenvalue weighted by molar-refractivity contribution is -0.131. The monoisotopic (exact) mass is 369 g/mol. The predicted octanol–water partition coefficient (Wildman–Crippen LogP) is -0.728. The number of fused-ring (bicyclic) bond motifs is 1. The maximum atomic E-state index is 12.7. The van der Waals surface area contributed by atoms with Gasteiger partial charge in [-0.1, -0.05) is 12.1 Å². The largest absolute Gasteiger partial charge is 0.394 e. The van der Waals surface area contributed by atoms with Gasteiger partial charge in [-0.3, -0.25) is 19.4 Å². The average Bonchev–Trinajstić information content (AvgIpc) is 3.32. The second-order valence-corrected chi connectivity index (χ2v) is 6.41. The molecular formula is C17H19N7O3. The molecule has 0 unspecified atom stereocenters. The van der Waals surface area contributed by atoms with E-state index in [1.54, 1.807) is 9.58 Å². The van der Waals surface area contributed by atoms with E-state index in [9.17, 15) is 9.59 Å². The van der Waals surface area contributed by atoms with Crippen molar-refractivity contribution in [3.8, 4) is 5.69 Å². The van der Waals surface area contributed by atoms with Gasteiger partial charge < -0.3 is 10.0 Å². The molecule has 1 aromatic carbocycles. The van der Waals surface area contributed by atoms with Crippen molar-refractivity contribution in [2.24, 2.45) is 0 Å². The summed E-state index contributed by atoms with van der Waals surface area (Å²) in [5.74, 6) is 0.00609. The molecule has 2 aromatic heterocycles. The zero-order valence-electron chi connectivity index (χ0n) is 14.6. The zero-order chi connectivity index (χ0) is 18.8. The van der Waals surface area contributed by atoms with E-state index < -0.39 is 0 Å². The third kappa shape index (κ3) is 3.38. The van der Waals surface area contributed by atoms with Crippen LogP contribution in [0.2, 0.25) is 0 Å². The smallest absolute Gasteiger partial charge is 0.270 e. The van der Waals surface area contributed by atoms with Crippen LogP contribution >= 0.6 is 0 Å². The van der Waals surface area contributed by atoms with Gasteiger partial charge in [-0.05, 0) is 34.5 Å². The standard InChI is InChI=1S/C17H19N7O3/c25-8-7-23-17(27)14-5-6-22(10-15(14)19-23)16(26)9-12-1-3-13(4-2-12)24-11-18-20-21-24/h1-4,11,19,25H,5-10H2. The number of aromatic amines is 1. The van der Waals surface area contributed by atoms with Crippen LogP contribution < -0.4 is 5.56 Å². The lowest BCUT2D eigenvalue weighted by Crippen LogP contribution is -2.37. The Hall–Kier alpha value is -3.27. The number of rotatable bonds is 5. The minimum Gasteiger partial charge on any atom is -0.394 e. The van der Waals surface area contributed by atoms with E-state index in [1.165, 1.54) is 11.0 Å². The number of nitrogens with zero attached hydrogens (tertiary/aromatic N) is 6. The highest BCUT2D eigenvalue weighted by Crippen LogP contribution is 2.16. The Morgan fingerprint density at radius 1 is 1.26 bits per heavy atom.